The van der Waals surface area contributed by atoms with Gasteiger partial charge in [0.25, 0.3) is 0 Å². The largest absolute Gasteiger partial charge is 0.382 e. The molecule has 6 nitrogen and oxygen atoms in total. The fourth-order valence-electron chi connectivity index (χ4n) is 1.41. The first kappa shape index (κ1) is 11.7. The average Bonchev–Trinajstić information content (AvgIpc) is 2.70. The Hall–Kier alpha value is -1.82. The molecule has 0 aliphatic carbocycles. The Kier molecular flexibility index (Phi) is 3.43. The van der Waals surface area contributed by atoms with Crippen molar-refractivity contribution >= 4 is 23.2 Å². The van der Waals surface area contributed by atoms with E-state index in [1.807, 2.05) is 19.3 Å². The minimum atomic E-state index is 0.280. The van der Waals surface area contributed by atoms with E-state index in [4.69, 9.17) is 17.3 Å². The highest BCUT2D eigenvalue weighted by Crippen LogP contribution is 2.22. The Morgan fingerprint density at radius 3 is 3.00 bits per heavy atom. The van der Waals surface area contributed by atoms with Crippen molar-refractivity contribution in [3.8, 4) is 0 Å². The molecule has 0 aromatic carbocycles. The first-order chi connectivity index (χ1) is 8.16. The van der Waals surface area contributed by atoms with Crippen molar-refractivity contribution in [1.82, 2.24) is 19.7 Å². The number of anilines is 2. The smallest absolute Gasteiger partial charge is 0.150 e. The van der Waals surface area contributed by atoms with Gasteiger partial charge in [0.05, 0.1) is 5.69 Å². The van der Waals surface area contributed by atoms with Gasteiger partial charge in [0.2, 0.25) is 0 Å². The van der Waals surface area contributed by atoms with E-state index >= 15 is 0 Å². The van der Waals surface area contributed by atoms with Gasteiger partial charge < -0.3 is 11.1 Å². The predicted octanol–water partition coefficient (Wildman–Crippen LogP) is 1.10. The van der Waals surface area contributed by atoms with Crippen molar-refractivity contribution in [3.05, 3.63) is 29.3 Å². The van der Waals surface area contributed by atoms with E-state index in [9.17, 15) is 0 Å². The monoisotopic (exact) mass is 252 g/mol. The SMILES string of the molecule is Cn1ccc(CCNc2ncnc(N)c2Cl)n1. The zero-order valence-electron chi connectivity index (χ0n) is 9.39. The Balaban J connectivity index is 1.92. The summed E-state index contributed by atoms with van der Waals surface area (Å²) >= 11 is 5.95. The van der Waals surface area contributed by atoms with Crippen LogP contribution in [0.25, 0.3) is 0 Å². The molecule has 0 radical (unpaired) electrons. The van der Waals surface area contributed by atoms with Crippen LogP contribution in [-0.2, 0) is 13.5 Å². The summed E-state index contributed by atoms with van der Waals surface area (Å²) in [5, 5.41) is 7.72. The third kappa shape index (κ3) is 2.85. The number of hydrogen-bond donors (Lipinski definition) is 2. The Morgan fingerprint density at radius 1 is 1.47 bits per heavy atom. The maximum atomic E-state index is 5.95. The number of hydrogen-bond acceptors (Lipinski definition) is 5. The summed E-state index contributed by atoms with van der Waals surface area (Å²) in [6.07, 6.45) is 4.08. The number of halogens is 1. The van der Waals surface area contributed by atoms with Gasteiger partial charge in [-0.15, -0.1) is 0 Å². The van der Waals surface area contributed by atoms with Gasteiger partial charge in [0, 0.05) is 26.2 Å². The lowest BCUT2D eigenvalue weighted by atomic mass is 10.3. The maximum absolute atomic E-state index is 5.95. The van der Waals surface area contributed by atoms with E-state index in [1.165, 1.54) is 6.33 Å². The molecule has 0 bridgehead atoms. The lowest BCUT2D eigenvalue weighted by Crippen LogP contribution is -2.08. The highest BCUT2D eigenvalue weighted by molar-refractivity contribution is 6.35. The highest BCUT2D eigenvalue weighted by Gasteiger charge is 2.05. The van der Waals surface area contributed by atoms with Crippen molar-refractivity contribution in [3.63, 3.8) is 0 Å². The van der Waals surface area contributed by atoms with E-state index in [-0.39, 0.29) is 5.82 Å². The second-order valence-electron chi connectivity index (χ2n) is 3.58. The summed E-state index contributed by atoms with van der Waals surface area (Å²) in [6, 6.07) is 1.97. The zero-order valence-corrected chi connectivity index (χ0v) is 10.1. The molecule has 0 aliphatic rings. The fourth-order valence-corrected chi connectivity index (χ4v) is 1.58. The van der Waals surface area contributed by atoms with Gasteiger partial charge in [-0.2, -0.15) is 5.10 Å². The molecular formula is C10H13ClN6. The van der Waals surface area contributed by atoms with Crippen molar-refractivity contribution in [2.75, 3.05) is 17.6 Å². The summed E-state index contributed by atoms with van der Waals surface area (Å²) in [5.41, 5.74) is 6.58. The summed E-state index contributed by atoms with van der Waals surface area (Å²) < 4.78 is 1.77. The van der Waals surface area contributed by atoms with Crippen LogP contribution in [0, 0.1) is 0 Å². The molecule has 3 N–H and O–H groups in total. The summed E-state index contributed by atoms with van der Waals surface area (Å²) in [7, 11) is 1.89. The number of nitrogen functional groups attached to an aromatic ring is 1. The summed E-state index contributed by atoms with van der Waals surface area (Å²) in [6.45, 7) is 0.688. The molecule has 2 aromatic heterocycles. The molecule has 0 saturated carbocycles. The van der Waals surface area contributed by atoms with E-state index in [0.717, 1.165) is 12.1 Å². The fraction of sp³-hybridized carbons (Fsp3) is 0.300. The molecule has 7 heteroatoms. The minimum absolute atomic E-state index is 0.280. The Morgan fingerprint density at radius 2 is 2.29 bits per heavy atom. The van der Waals surface area contributed by atoms with Crippen LogP contribution < -0.4 is 11.1 Å². The molecule has 17 heavy (non-hydrogen) atoms. The van der Waals surface area contributed by atoms with E-state index in [1.54, 1.807) is 4.68 Å². The van der Waals surface area contributed by atoms with E-state index < -0.39 is 0 Å². The molecule has 0 aliphatic heterocycles. The van der Waals surface area contributed by atoms with Gasteiger partial charge in [-0.05, 0) is 6.07 Å². The van der Waals surface area contributed by atoms with Crippen molar-refractivity contribution < 1.29 is 0 Å². The lowest BCUT2D eigenvalue weighted by molar-refractivity contribution is 0.742. The topological polar surface area (TPSA) is 81.7 Å². The average molecular weight is 253 g/mol. The lowest BCUT2D eigenvalue weighted by Gasteiger charge is -2.06. The van der Waals surface area contributed by atoms with Crippen LogP contribution >= 0.6 is 11.6 Å². The second kappa shape index (κ2) is 5.01. The van der Waals surface area contributed by atoms with Crippen molar-refractivity contribution in [2.24, 2.45) is 7.05 Å². The molecule has 0 amide bonds. The van der Waals surface area contributed by atoms with Crippen LogP contribution in [0.4, 0.5) is 11.6 Å². The minimum Gasteiger partial charge on any atom is -0.382 e. The summed E-state index contributed by atoms with van der Waals surface area (Å²) in [4.78, 5) is 7.80. The molecule has 0 atom stereocenters. The third-order valence-electron chi connectivity index (χ3n) is 2.26. The van der Waals surface area contributed by atoms with Crippen LogP contribution in [0.2, 0.25) is 5.02 Å². The predicted molar refractivity (Wildman–Crippen MR) is 66.9 cm³/mol. The van der Waals surface area contributed by atoms with E-state index in [2.05, 4.69) is 20.4 Å². The highest BCUT2D eigenvalue weighted by atomic mass is 35.5. The maximum Gasteiger partial charge on any atom is 0.150 e. The van der Waals surface area contributed by atoms with Crippen LogP contribution in [0.5, 0.6) is 0 Å². The summed E-state index contributed by atoms with van der Waals surface area (Å²) in [5.74, 6) is 0.831. The standard InChI is InChI=1S/C10H13ClN6/c1-17-5-3-7(16-17)2-4-13-10-8(11)9(12)14-6-15-10/h3,5-6H,2,4H2,1H3,(H3,12,13,14,15). The zero-order chi connectivity index (χ0) is 12.3. The first-order valence-corrected chi connectivity index (χ1v) is 5.53. The van der Waals surface area contributed by atoms with Gasteiger partial charge >= 0.3 is 0 Å². The molecule has 0 spiro atoms. The normalized spacial score (nSPS) is 10.5. The number of nitrogens with two attached hydrogens (primary N) is 1. The molecule has 0 fully saturated rings. The molecule has 2 heterocycles. The van der Waals surface area contributed by atoms with Crippen molar-refractivity contribution in [2.45, 2.75) is 6.42 Å². The first-order valence-electron chi connectivity index (χ1n) is 5.15. The van der Waals surface area contributed by atoms with Gasteiger partial charge in [0.15, 0.2) is 0 Å². The number of nitrogens with one attached hydrogen (secondary N) is 1. The number of nitrogens with zero attached hydrogens (tertiary/aromatic N) is 4. The van der Waals surface area contributed by atoms with Crippen molar-refractivity contribution in [1.29, 1.82) is 0 Å². The quantitative estimate of drug-likeness (QED) is 0.852. The van der Waals surface area contributed by atoms with Gasteiger partial charge in [-0.3, -0.25) is 4.68 Å². The van der Waals surface area contributed by atoms with E-state index in [0.29, 0.717) is 17.4 Å². The molecule has 0 unspecified atom stereocenters. The molecule has 90 valence electrons. The number of aryl methyl sites for hydroxylation is 1. The van der Waals surface area contributed by atoms with Crippen LogP contribution in [0.3, 0.4) is 0 Å². The number of rotatable bonds is 4. The van der Waals surface area contributed by atoms with Crippen LogP contribution in [0.1, 0.15) is 5.69 Å². The van der Waals surface area contributed by atoms with Gasteiger partial charge in [-0.25, -0.2) is 9.97 Å². The third-order valence-corrected chi connectivity index (χ3v) is 2.63. The number of aromatic nitrogens is 4. The second-order valence-corrected chi connectivity index (χ2v) is 3.96. The van der Waals surface area contributed by atoms with Crippen LogP contribution in [-0.4, -0.2) is 26.3 Å². The Labute approximate surface area is 104 Å². The molecule has 0 saturated heterocycles. The molecular weight excluding hydrogens is 240 g/mol. The van der Waals surface area contributed by atoms with Gasteiger partial charge in [-0.1, -0.05) is 11.6 Å². The Bertz CT molecular complexity index is 509. The van der Waals surface area contributed by atoms with Gasteiger partial charge in [0.1, 0.15) is 23.0 Å². The molecule has 2 rings (SSSR count). The molecule has 2 aromatic rings. The van der Waals surface area contributed by atoms with Crippen LogP contribution in [0.15, 0.2) is 18.6 Å².